The number of amides is 2. The quantitative estimate of drug-likeness (QED) is 0.683. The molecule has 8 nitrogen and oxygen atoms in total. The zero-order valence-electron chi connectivity index (χ0n) is 14.5. The van der Waals surface area contributed by atoms with E-state index >= 15 is 0 Å². The van der Waals surface area contributed by atoms with Gasteiger partial charge in [0.25, 0.3) is 5.69 Å². The summed E-state index contributed by atoms with van der Waals surface area (Å²) in [6, 6.07) is 2.88. The highest BCUT2D eigenvalue weighted by Crippen LogP contribution is 2.33. The van der Waals surface area contributed by atoms with Crippen LogP contribution < -0.4 is 5.32 Å². The first-order valence-corrected chi connectivity index (χ1v) is 8.18. The van der Waals surface area contributed by atoms with Gasteiger partial charge in [0.05, 0.1) is 22.8 Å². The maximum Gasteiger partial charge on any atom is 0.322 e. The van der Waals surface area contributed by atoms with Gasteiger partial charge in [0.15, 0.2) is 0 Å². The number of nitro groups is 1. The van der Waals surface area contributed by atoms with E-state index in [9.17, 15) is 14.9 Å². The Labute approximate surface area is 145 Å². The number of benzene rings is 1. The number of urea groups is 1. The second kappa shape index (κ2) is 6.54. The van der Waals surface area contributed by atoms with Crippen molar-refractivity contribution in [2.24, 2.45) is 7.05 Å². The molecule has 1 aliphatic heterocycles. The van der Waals surface area contributed by atoms with E-state index < -0.39 is 4.92 Å². The van der Waals surface area contributed by atoms with Crippen LogP contribution in [-0.2, 0) is 7.05 Å². The number of aryl methyl sites for hydroxylation is 3. The van der Waals surface area contributed by atoms with E-state index in [1.165, 1.54) is 6.07 Å². The molecule has 1 saturated heterocycles. The number of likely N-dealkylation sites (tertiary alicyclic amines) is 1. The molecule has 0 bridgehead atoms. The van der Waals surface area contributed by atoms with Crippen LogP contribution in [0.1, 0.15) is 35.6 Å². The Hall–Kier alpha value is -2.90. The molecule has 2 amide bonds. The number of nitrogens with one attached hydrogen (secondary N) is 1. The highest BCUT2D eigenvalue weighted by atomic mass is 16.6. The van der Waals surface area contributed by atoms with Crippen LogP contribution in [0, 0.1) is 24.0 Å². The summed E-state index contributed by atoms with van der Waals surface area (Å²) in [5.74, 6) is 0. The van der Waals surface area contributed by atoms with Gasteiger partial charge in [-0.15, -0.1) is 0 Å². The Morgan fingerprint density at radius 1 is 1.36 bits per heavy atom. The molecule has 1 aromatic carbocycles. The number of carbonyl (C=O) groups is 1. The normalized spacial score (nSPS) is 16.9. The van der Waals surface area contributed by atoms with Gasteiger partial charge in [0, 0.05) is 37.0 Å². The second-order valence-corrected chi connectivity index (χ2v) is 6.44. The Bertz CT molecular complexity index is 830. The Balaban J connectivity index is 1.82. The number of carbonyl (C=O) groups excluding carboxylic acids is 1. The Morgan fingerprint density at radius 3 is 2.76 bits per heavy atom. The largest absolute Gasteiger partial charge is 0.322 e. The third kappa shape index (κ3) is 3.33. The summed E-state index contributed by atoms with van der Waals surface area (Å²) in [5, 5.41) is 18.2. The van der Waals surface area contributed by atoms with E-state index in [1.807, 2.05) is 20.2 Å². The maximum atomic E-state index is 12.7. The van der Waals surface area contributed by atoms with Gasteiger partial charge in [-0.1, -0.05) is 0 Å². The molecule has 3 rings (SSSR count). The summed E-state index contributed by atoms with van der Waals surface area (Å²) in [5.41, 5.74) is 2.86. The van der Waals surface area contributed by atoms with Gasteiger partial charge in [0.1, 0.15) is 0 Å². The summed E-state index contributed by atoms with van der Waals surface area (Å²) in [6.45, 7) is 4.17. The van der Waals surface area contributed by atoms with E-state index in [4.69, 9.17) is 0 Å². The van der Waals surface area contributed by atoms with Crippen LogP contribution in [0.25, 0.3) is 0 Å². The first-order chi connectivity index (χ1) is 11.9. The molecule has 2 heterocycles. The van der Waals surface area contributed by atoms with Crippen LogP contribution in [0.4, 0.5) is 16.2 Å². The van der Waals surface area contributed by atoms with E-state index in [1.54, 1.807) is 28.8 Å². The van der Waals surface area contributed by atoms with Gasteiger partial charge in [-0.05, 0) is 38.3 Å². The minimum absolute atomic E-state index is 0.00568. The zero-order valence-corrected chi connectivity index (χ0v) is 14.5. The lowest BCUT2D eigenvalue weighted by Crippen LogP contribution is -2.34. The van der Waals surface area contributed by atoms with Crippen LogP contribution in [0.3, 0.4) is 0 Å². The number of hydrogen-bond donors (Lipinski definition) is 1. The molecular formula is C17H21N5O3. The van der Waals surface area contributed by atoms with Gasteiger partial charge in [-0.3, -0.25) is 14.8 Å². The lowest BCUT2D eigenvalue weighted by atomic mass is 10.1. The Morgan fingerprint density at radius 2 is 2.12 bits per heavy atom. The summed E-state index contributed by atoms with van der Waals surface area (Å²) in [7, 11) is 1.84. The molecule has 1 fully saturated rings. The molecule has 1 aromatic heterocycles. The minimum atomic E-state index is -0.432. The maximum absolute atomic E-state index is 12.7. The number of nitro benzene ring substituents is 1. The van der Waals surface area contributed by atoms with Crippen molar-refractivity contribution in [1.82, 2.24) is 14.7 Å². The van der Waals surface area contributed by atoms with Crippen molar-refractivity contribution in [2.75, 3.05) is 11.9 Å². The third-order valence-corrected chi connectivity index (χ3v) is 4.60. The first-order valence-electron chi connectivity index (χ1n) is 8.18. The first kappa shape index (κ1) is 16.9. The molecule has 25 heavy (non-hydrogen) atoms. The van der Waals surface area contributed by atoms with Crippen molar-refractivity contribution in [2.45, 2.75) is 32.7 Å². The second-order valence-electron chi connectivity index (χ2n) is 6.44. The van der Waals surface area contributed by atoms with Gasteiger partial charge in [-0.2, -0.15) is 5.10 Å². The van der Waals surface area contributed by atoms with Gasteiger partial charge >= 0.3 is 6.03 Å². The summed E-state index contributed by atoms with van der Waals surface area (Å²) >= 11 is 0. The van der Waals surface area contributed by atoms with Crippen LogP contribution >= 0.6 is 0 Å². The van der Waals surface area contributed by atoms with E-state index in [-0.39, 0.29) is 17.8 Å². The smallest absolute Gasteiger partial charge is 0.317 e. The van der Waals surface area contributed by atoms with Crippen molar-refractivity contribution in [3.8, 4) is 0 Å². The average Bonchev–Trinajstić information content (AvgIpc) is 3.17. The fraction of sp³-hybridized carbons (Fsp3) is 0.412. The topological polar surface area (TPSA) is 93.3 Å². The standard InChI is InChI=1S/C17H21N5O3/c1-11-7-12(2)16(22(24)25)8-14(11)19-17(23)21-6-4-5-15(21)13-9-18-20(3)10-13/h7-10,15H,4-6H2,1-3H3,(H,19,23)/t15-/m1/s1. The monoisotopic (exact) mass is 343 g/mol. The highest BCUT2D eigenvalue weighted by molar-refractivity contribution is 5.91. The third-order valence-electron chi connectivity index (χ3n) is 4.60. The Kier molecular flexibility index (Phi) is 4.43. The van der Waals surface area contributed by atoms with Crippen molar-refractivity contribution in [3.63, 3.8) is 0 Å². The van der Waals surface area contributed by atoms with Gasteiger partial charge in [-0.25, -0.2) is 4.79 Å². The molecule has 0 unspecified atom stereocenters. The molecule has 0 saturated carbocycles. The van der Waals surface area contributed by atoms with Crippen LogP contribution in [-0.4, -0.2) is 32.2 Å². The van der Waals surface area contributed by atoms with E-state index in [0.717, 1.165) is 24.0 Å². The molecule has 132 valence electrons. The SMILES string of the molecule is Cc1cc(C)c([N+](=O)[O-])cc1NC(=O)N1CCC[C@@H]1c1cnn(C)c1. The molecule has 1 atom stereocenters. The van der Waals surface area contributed by atoms with Crippen LogP contribution in [0.5, 0.6) is 0 Å². The van der Waals surface area contributed by atoms with Crippen molar-refractivity contribution < 1.29 is 9.72 Å². The fourth-order valence-corrected chi connectivity index (χ4v) is 3.33. The molecule has 2 aromatic rings. The van der Waals surface area contributed by atoms with Crippen LogP contribution in [0.15, 0.2) is 24.5 Å². The average molecular weight is 343 g/mol. The molecular weight excluding hydrogens is 322 g/mol. The highest BCUT2D eigenvalue weighted by Gasteiger charge is 2.31. The predicted octanol–water partition coefficient (Wildman–Crippen LogP) is 3.31. The minimum Gasteiger partial charge on any atom is -0.317 e. The summed E-state index contributed by atoms with van der Waals surface area (Å²) < 4.78 is 1.72. The zero-order chi connectivity index (χ0) is 18.1. The molecule has 0 aliphatic carbocycles. The van der Waals surface area contributed by atoms with Crippen LogP contribution in [0.2, 0.25) is 0 Å². The predicted molar refractivity (Wildman–Crippen MR) is 93.5 cm³/mol. The van der Waals surface area contributed by atoms with Crippen molar-refractivity contribution in [3.05, 3.63) is 51.3 Å². The summed E-state index contributed by atoms with van der Waals surface area (Å²) in [4.78, 5) is 25.2. The number of nitrogens with zero attached hydrogens (tertiary/aromatic N) is 4. The van der Waals surface area contributed by atoms with Crippen molar-refractivity contribution in [1.29, 1.82) is 0 Å². The molecule has 0 spiro atoms. The van der Waals surface area contributed by atoms with Crippen molar-refractivity contribution >= 4 is 17.4 Å². The number of aromatic nitrogens is 2. The number of anilines is 1. The molecule has 1 aliphatic rings. The molecule has 1 N–H and O–H groups in total. The van der Waals surface area contributed by atoms with Gasteiger partial charge in [0.2, 0.25) is 0 Å². The van der Waals surface area contributed by atoms with Gasteiger partial charge < -0.3 is 10.2 Å². The molecule has 8 heteroatoms. The van der Waals surface area contributed by atoms with E-state index in [2.05, 4.69) is 10.4 Å². The molecule has 0 radical (unpaired) electrons. The lowest BCUT2D eigenvalue weighted by molar-refractivity contribution is -0.385. The number of hydrogen-bond acceptors (Lipinski definition) is 4. The number of rotatable bonds is 3. The summed E-state index contributed by atoms with van der Waals surface area (Å²) in [6.07, 6.45) is 5.49. The fourth-order valence-electron chi connectivity index (χ4n) is 3.33. The van der Waals surface area contributed by atoms with E-state index in [0.29, 0.717) is 17.8 Å². The lowest BCUT2D eigenvalue weighted by Gasteiger charge is -2.24.